The van der Waals surface area contributed by atoms with E-state index in [0.717, 1.165) is 6.42 Å². The number of nitrogens with one attached hydrogen (secondary N) is 1. The third-order valence-corrected chi connectivity index (χ3v) is 6.83. The fourth-order valence-corrected chi connectivity index (χ4v) is 5.80. The van der Waals surface area contributed by atoms with Crippen molar-refractivity contribution in [2.75, 3.05) is 18.1 Å². The van der Waals surface area contributed by atoms with Crippen LogP contribution < -0.4 is 5.56 Å². The number of benzene rings is 1. The zero-order chi connectivity index (χ0) is 16.2. The van der Waals surface area contributed by atoms with Gasteiger partial charge in [0.2, 0.25) is 0 Å². The Bertz CT molecular complexity index is 979. The summed E-state index contributed by atoms with van der Waals surface area (Å²) >= 11 is 0. The summed E-state index contributed by atoms with van der Waals surface area (Å²) in [6.07, 6.45) is 2.66. The molecule has 1 N–H and O–H groups in total. The van der Waals surface area contributed by atoms with Gasteiger partial charge in [-0.2, -0.15) is 0 Å². The van der Waals surface area contributed by atoms with Crippen LogP contribution in [-0.4, -0.2) is 47.8 Å². The van der Waals surface area contributed by atoms with E-state index in [2.05, 4.69) is 4.98 Å². The number of hydrogen-bond donors (Lipinski definition) is 1. The molecule has 6 nitrogen and oxygen atoms in total. The largest absolute Gasteiger partial charge is 0.332 e. The number of carbonyl (C=O) groups excluding carboxylic acids is 1. The fourth-order valence-electron chi connectivity index (χ4n) is 3.70. The third-order valence-electron chi connectivity index (χ3n) is 5.03. The molecule has 1 atom stereocenters. The molecule has 7 heteroatoms. The molecule has 0 aliphatic carbocycles. The third kappa shape index (κ3) is 2.10. The summed E-state index contributed by atoms with van der Waals surface area (Å²) in [6.45, 7) is 0.557. The second-order valence-electron chi connectivity index (χ2n) is 6.35. The zero-order valence-electron chi connectivity index (χ0n) is 12.4. The highest BCUT2D eigenvalue weighted by molar-refractivity contribution is 7.91. The van der Waals surface area contributed by atoms with E-state index in [1.54, 1.807) is 29.2 Å². The second kappa shape index (κ2) is 4.67. The van der Waals surface area contributed by atoms with Crippen LogP contribution >= 0.6 is 0 Å². The molecule has 3 heterocycles. The van der Waals surface area contributed by atoms with E-state index in [-0.39, 0.29) is 23.0 Å². The normalized spacial score (nSPS) is 25.7. The second-order valence-corrected chi connectivity index (χ2v) is 8.53. The summed E-state index contributed by atoms with van der Waals surface area (Å²) in [5.74, 6) is -0.0169. The van der Waals surface area contributed by atoms with E-state index in [1.165, 1.54) is 6.20 Å². The Hall–Kier alpha value is -2.15. The van der Waals surface area contributed by atoms with Crippen LogP contribution in [-0.2, 0) is 9.84 Å². The van der Waals surface area contributed by atoms with Crippen molar-refractivity contribution in [3.8, 4) is 0 Å². The van der Waals surface area contributed by atoms with E-state index in [1.807, 2.05) is 0 Å². The number of hydrogen-bond acceptors (Lipinski definition) is 4. The molecule has 0 radical (unpaired) electrons. The highest BCUT2D eigenvalue weighted by Crippen LogP contribution is 2.41. The number of aromatic nitrogens is 1. The molecule has 2 aromatic rings. The maximum atomic E-state index is 12.9. The Labute approximate surface area is 133 Å². The number of H-pyrrole nitrogens is 1. The number of amides is 1. The van der Waals surface area contributed by atoms with E-state index < -0.39 is 15.4 Å². The lowest BCUT2D eigenvalue weighted by atomic mass is 9.83. The van der Waals surface area contributed by atoms with Gasteiger partial charge in [0.05, 0.1) is 22.6 Å². The predicted octanol–water partition coefficient (Wildman–Crippen LogP) is 0.931. The zero-order valence-corrected chi connectivity index (χ0v) is 13.2. The first kappa shape index (κ1) is 14.4. The average Bonchev–Trinajstić information content (AvgIpc) is 2.85. The van der Waals surface area contributed by atoms with Crippen molar-refractivity contribution in [3.63, 3.8) is 0 Å². The number of aromatic amines is 1. The van der Waals surface area contributed by atoms with Crippen LogP contribution in [0.25, 0.3) is 10.8 Å². The lowest BCUT2D eigenvalue weighted by molar-refractivity contribution is 0.0105. The van der Waals surface area contributed by atoms with Gasteiger partial charge < -0.3 is 9.88 Å². The van der Waals surface area contributed by atoms with Gasteiger partial charge in [-0.05, 0) is 18.9 Å². The summed E-state index contributed by atoms with van der Waals surface area (Å²) in [5.41, 5.74) is -0.366. The number of pyridine rings is 1. The summed E-state index contributed by atoms with van der Waals surface area (Å²) in [7, 11) is -3.06. The van der Waals surface area contributed by atoms with Crippen molar-refractivity contribution in [3.05, 3.63) is 46.4 Å². The Morgan fingerprint density at radius 3 is 2.52 bits per heavy atom. The first-order valence-electron chi connectivity index (χ1n) is 7.55. The Balaban J connectivity index is 1.77. The lowest BCUT2D eigenvalue weighted by Crippen LogP contribution is -2.62. The number of sulfone groups is 1. The van der Waals surface area contributed by atoms with Crippen molar-refractivity contribution in [2.24, 2.45) is 0 Å². The SMILES string of the molecule is O=C(c1c[nH]c(=O)c2ccccc12)N1CCC12CCS(=O)(=O)C2. The van der Waals surface area contributed by atoms with Gasteiger partial charge in [0, 0.05) is 23.5 Å². The van der Waals surface area contributed by atoms with E-state index in [9.17, 15) is 18.0 Å². The number of likely N-dealkylation sites (tertiary alicyclic amines) is 1. The van der Waals surface area contributed by atoms with Crippen molar-refractivity contribution < 1.29 is 13.2 Å². The molecule has 1 unspecified atom stereocenters. The van der Waals surface area contributed by atoms with Crippen LogP contribution in [0.4, 0.5) is 0 Å². The Morgan fingerprint density at radius 1 is 1.17 bits per heavy atom. The smallest absolute Gasteiger partial charge is 0.256 e. The van der Waals surface area contributed by atoms with Crippen molar-refractivity contribution in [2.45, 2.75) is 18.4 Å². The summed E-state index contributed by atoms with van der Waals surface area (Å²) in [5, 5.41) is 1.07. The average molecular weight is 332 g/mol. The molecule has 1 spiro atoms. The predicted molar refractivity (Wildman–Crippen MR) is 86.2 cm³/mol. The van der Waals surface area contributed by atoms with Crippen LogP contribution in [0.2, 0.25) is 0 Å². The van der Waals surface area contributed by atoms with Gasteiger partial charge in [-0.15, -0.1) is 0 Å². The lowest BCUT2D eigenvalue weighted by Gasteiger charge is -2.50. The monoisotopic (exact) mass is 332 g/mol. The summed E-state index contributed by atoms with van der Waals surface area (Å²) < 4.78 is 23.6. The minimum Gasteiger partial charge on any atom is -0.332 e. The first-order valence-corrected chi connectivity index (χ1v) is 9.37. The van der Waals surface area contributed by atoms with Crippen molar-refractivity contribution >= 4 is 26.5 Å². The first-order chi connectivity index (χ1) is 10.9. The highest BCUT2D eigenvalue weighted by Gasteiger charge is 2.54. The summed E-state index contributed by atoms with van der Waals surface area (Å²) in [4.78, 5) is 29.1. The topological polar surface area (TPSA) is 87.3 Å². The van der Waals surface area contributed by atoms with Crippen LogP contribution in [0.15, 0.2) is 35.3 Å². The van der Waals surface area contributed by atoms with Crippen LogP contribution in [0.3, 0.4) is 0 Å². The van der Waals surface area contributed by atoms with Crippen LogP contribution in [0.1, 0.15) is 23.2 Å². The Morgan fingerprint density at radius 2 is 1.91 bits per heavy atom. The van der Waals surface area contributed by atoms with Crippen molar-refractivity contribution in [1.29, 1.82) is 0 Å². The number of nitrogens with zero attached hydrogens (tertiary/aromatic N) is 1. The molecule has 1 aromatic carbocycles. The molecule has 0 bridgehead atoms. The minimum absolute atomic E-state index is 0.0486. The molecule has 2 aliphatic rings. The minimum atomic E-state index is -3.06. The fraction of sp³-hybridized carbons (Fsp3) is 0.375. The molecule has 2 aliphatic heterocycles. The molecular weight excluding hydrogens is 316 g/mol. The molecule has 23 heavy (non-hydrogen) atoms. The summed E-state index contributed by atoms with van der Waals surface area (Å²) in [6, 6.07) is 6.96. The number of carbonyl (C=O) groups is 1. The van der Waals surface area contributed by atoms with Gasteiger partial charge in [0.1, 0.15) is 0 Å². The maximum absolute atomic E-state index is 12.9. The molecule has 2 saturated heterocycles. The number of rotatable bonds is 1. The van der Waals surface area contributed by atoms with Gasteiger partial charge in [0.25, 0.3) is 11.5 Å². The molecule has 2 fully saturated rings. The maximum Gasteiger partial charge on any atom is 0.256 e. The van der Waals surface area contributed by atoms with Gasteiger partial charge in [-0.1, -0.05) is 18.2 Å². The molecule has 120 valence electrons. The van der Waals surface area contributed by atoms with E-state index >= 15 is 0 Å². The standard InChI is InChI=1S/C16H16N2O4S/c19-14-12-4-2-1-3-11(12)13(9-17-14)15(20)18-7-5-16(18)6-8-23(21,22)10-16/h1-4,9H,5-8,10H2,(H,17,19). The van der Waals surface area contributed by atoms with Crippen LogP contribution in [0.5, 0.6) is 0 Å². The molecule has 4 rings (SSSR count). The van der Waals surface area contributed by atoms with Gasteiger partial charge in [0.15, 0.2) is 9.84 Å². The van der Waals surface area contributed by atoms with Gasteiger partial charge >= 0.3 is 0 Å². The molecule has 1 aromatic heterocycles. The van der Waals surface area contributed by atoms with Crippen molar-refractivity contribution in [1.82, 2.24) is 9.88 Å². The van der Waals surface area contributed by atoms with E-state index in [4.69, 9.17) is 0 Å². The van der Waals surface area contributed by atoms with E-state index in [0.29, 0.717) is 29.3 Å². The Kier molecular flexibility index (Phi) is 2.93. The van der Waals surface area contributed by atoms with Crippen LogP contribution in [0, 0.1) is 0 Å². The molecule has 1 amide bonds. The highest BCUT2D eigenvalue weighted by atomic mass is 32.2. The number of fused-ring (bicyclic) bond motifs is 1. The van der Waals surface area contributed by atoms with Gasteiger partial charge in [-0.25, -0.2) is 8.42 Å². The molecule has 0 saturated carbocycles. The van der Waals surface area contributed by atoms with Gasteiger partial charge in [-0.3, -0.25) is 9.59 Å². The quantitative estimate of drug-likeness (QED) is 0.841. The molecular formula is C16H16N2O4S.